The van der Waals surface area contributed by atoms with Gasteiger partial charge in [-0.1, -0.05) is 29.5 Å². The van der Waals surface area contributed by atoms with Gasteiger partial charge < -0.3 is 24.3 Å². The number of carbonyl (C=O) groups excluding carboxylic acids is 1. The van der Waals surface area contributed by atoms with Gasteiger partial charge >= 0.3 is 0 Å². The Hall–Kier alpha value is -4.18. The van der Waals surface area contributed by atoms with Crippen LogP contribution < -0.4 is 24.3 Å². The van der Waals surface area contributed by atoms with Crippen molar-refractivity contribution < 1.29 is 23.7 Å². The minimum atomic E-state index is -0.206. The van der Waals surface area contributed by atoms with Crippen LogP contribution in [0.5, 0.6) is 23.0 Å². The van der Waals surface area contributed by atoms with Crippen LogP contribution in [-0.4, -0.2) is 47.8 Å². The maximum Gasteiger partial charge on any atom is 0.234 e. The van der Waals surface area contributed by atoms with Gasteiger partial charge in [0.05, 0.1) is 27.1 Å². The third-order valence-corrected chi connectivity index (χ3v) is 6.32. The molecule has 0 fully saturated rings. The third kappa shape index (κ3) is 6.73. The normalized spacial score (nSPS) is 10.6. The van der Waals surface area contributed by atoms with E-state index in [4.69, 9.17) is 18.9 Å². The van der Waals surface area contributed by atoms with Crippen LogP contribution in [0.1, 0.15) is 11.4 Å². The number of amides is 1. The molecular formula is C27H28N4O5S. The molecule has 0 radical (unpaired) electrons. The van der Waals surface area contributed by atoms with Crippen LogP contribution in [0, 0.1) is 6.92 Å². The molecule has 3 aromatic carbocycles. The summed E-state index contributed by atoms with van der Waals surface area (Å²) in [4.78, 5) is 12.7. The number of thioether (sulfide) groups is 1. The smallest absolute Gasteiger partial charge is 0.234 e. The van der Waals surface area contributed by atoms with E-state index in [0.29, 0.717) is 28.2 Å². The van der Waals surface area contributed by atoms with E-state index in [0.717, 1.165) is 22.7 Å². The van der Waals surface area contributed by atoms with Gasteiger partial charge in [-0.05, 0) is 43.3 Å². The summed E-state index contributed by atoms with van der Waals surface area (Å²) < 4.78 is 23.7. The van der Waals surface area contributed by atoms with Crippen LogP contribution >= 0.6 is 11.8 Å². The fraction of sp³-hybridized carbons (Fsp3) is 0.222. The first-order chi connectivity index (χ1) is 18.0. The van der Waals surface area contributed by atoms with E-state index in [1.165, 1.54) is 11.8 Å². The molecule has 192 valence electrons. The lowest BCUT2D eigenvalue weighted by atomic mass is 10.2. The van der Waals surface area contributed by atoms with Gasteiger partial charge in [0.15, 0.2) is 11.0 Å². The number of hydrogen-bond donors (Lipinski definition) is 1. The quantitative estimate of drug-likeness (QED) is 0.279. The highest BCUT2D eigenvalue weighted by Gasteiger charge is 2.17. The number of methoxy groups -OCH3 is 3. The van der Waals surface area contributed by atoms with Crippen LogP contribution in [0.3, 0.4) is 0 Å². The Balaban J connectivity index is 1.51. The summed E-state index contributed by atoms with van der Waals surface area (Å²) in [7, 11) is 4.73. The van der Waals surface area contributed by atoms with Gasteiger partial charge in [0.25, 0.3) is 0 Å². The molecule has 4 aromatic rings. The highest BCUT2D eigenvalue weighted by Crippen LogP contribution is 2.27. The Morgan fingerprint density at radius 3 is 2.08 bits per heavy atom. The standard InChI is InChI=1S/C27H28N4O5S/c1-18-5-9-22(10-6-18)36-16-25-29-30-27(31(25)20-7-11-21(33-2)12-8-20)37-17-26(32)28-19-13-23(34-3)15-24(14-19)35-4/h5-15H,16-17H2,1-4H3,(H,28,32). The second kappa shape index (κ2) is 12.2. The van der Waals surface area contributed by atoms with Crippen molar-refractivity contribution in [2.24, 2.45) is 0 Å². The lowest BCUT2D eigenvalue weighted by molar-refractivity contribution is -0.113. The highest BCUT2D eigenvalue weighted by atomic mass is 32.2. The number of ether oxygens (including phenoxy) is 4. The molecule has 0 saturated heterocycles. The summed E-state index contributed by atoms with van der Waals surface area (Å²) in [5, 5.41) is 12.1. The molecule has 9 nitrogen and oxygen atoms in total. The van der Waals surface area contributed by atoms with Crippen molar-refractivity contribution in [1.29, 1.82) is 0 Å². The van der Waals surface area contributed by atoms with E-state index in [9.17, 15) is 4.79 Å². The zero-order valence-corrected chi connectivity index (χ0v) is 21.9. The van der Waals surface area contributed by atoms with Crippen LogP contribution in [0.15, 0.2) is 71.9 Å². The summed E-state index contributed by atoms with van der Waals surface area (Å²) in [6.07, 6.45) is 0. The van der Waals surface area contributed by atoms with Crippen LogP contribution in [0.25, 0.3) is 5.69 Å². The van der Waals surface area contributed by atoms with E-state index in [1.807, 2.05) is 60.0 Å². The van der Waals surface area contributed by atoms with E-state index in [-0.39, 0.29) is 18.3 Å². The lowest BCUT2D eigenvalue weighted by Gasteiger charge is -2.12. The van der Waals surface area contributed by atoms with Gasteiger partial charge in [-0.15, -0.1) is 10.2 Å². The molecule has 0 spiro atoms. The van der Waals surface area contributed by atoms with Crippen LogP contribution in [-0.2, 0) is 11.4 Å². The van der Waals surface area contributed by atoms with Gasteiger partial charge in [0, 0.05) is 29.6 Å². The van der Waals surface area contributed by atoms with Gasteiger partial charge in [-0.3, -0.25) is 9.36 Å². The zero-order chi connectivity index (χ0) is 26.2. The second-order valence-corrected chi connectivity index (χ2v) is 8.91. The fourth-order valence-corrected chi connectivity index (χ4v) is 4.24. The molecule has 1 heterocycles. The van der Waals surface area contributed by atoms with Crippen molar-refractivity contribution in [3.63, 3.8) is 0 Å². The number of nitrogens with one attached hydrogen (secondary N) is 1. The molecule has 0 atom stereocenters. The molecule has 1 N–H and O–H groups in total. The average molecular weight is 521 g/mol. The van der Waals surface area contributed by atoms with Gasteiger partial charge in [-0.25, -0.2) is 0 Å². The van der Waals surface area contributed by atoms with E-state index >= 15 is 0 Å². The molecule has 4 rings (SSSR count). The van der Waals surface area contributed by atoms with Gasteiger partial charge in [-0.2, -0.15) is 0 Å². The summed E-state index contributed by atoms with van der Waals surface area (Å²) in [6, 6.07) is 20.5. The monoisotopic (exact) mass is 520 g/mol. The number of aryl methyl sites for hydroxylation is 1. The minimum absolute atomic E-state index is 0.118. The lowest BCUT2D eigenvalue weighted by Crippen LogP contribution is -2.15. The molecule has 0 aliphatic rings. The topological polar surface area (TPSA) is 96.7 Å². The first-order valence-electron chi connectivity index (χ1n) is 11.4. The molecule has 0 unspecified atom stereocenters. The Bertz CT molecular complexity index is 1320. The molecule has 37 heavy (non-hydrogen) atoms. The fourth-order valence-electron chi connectivity index (χ4n) is 3.47. The molecule has 0 bridgehead atoms. The Morgan fingerprint density at radius 1 is 0.838 bits per heavy atom. The van der Waals surface area contributed by atoms with E-state index < -0.39 is 0 Å². The number of nitrogens with zero attached hydrogens (tertiary/aromatic N) is 3. The maximum atomic E-state index is 12.7. The van der Waals surface area contributed by atoms with Crippen molar-refractivity contribution >= 4 is 23.4 Å². The van der Waals surface area contributed by atoms with Crippen LogP contribution in [0.4, 0.5) is 5.69 Å². The van der Waals surface area contributed by atoms with Crippen molar-refractivity contribution in [1.82, 2.24) is 14.8 Å². The number of hydrogen-bond acceptors (Lipinski definition) is 8. The van der Waals surface area contributed by atoms with Crippen molar-refractivity contribution in [2.75, 3.05) is 32.4 Å². The first-order valence-corrected chi connectivity index (χ1v) is 12.4. The summed E-state index contributed by atoms with van der Waals surface area (Å²) in [5.41, 5.74) is 2.55. The third-order valence-electron chi connectivity index (χ3n) is 5.39. The molecule has 0 saturated carbocycles. The minimum Gasteiger partial charge on any atom is -0.497 e. The first kappa shape index (κ1) is 25.9. The number of anilines is 1. The zero-order valence-electron chi connectivity index (χ0n) is 21.1. The largest absolute Gasteiger partial charge is 0.497 e. The summed E-state index contributed by atoms with van der Waals surface area (Å²) in [6.45, 7) is 2.23. The molecule has 1 amide bonds. The number of rotatable bonds is 11. The summed E-state index contributed by atoms with van der Waals surface area (Å²) >= 11 is 1.27. The SMILES string of the molecule is COc1ccc(-n2c(COc3ccc(C)cc3)nnc2SCC(=O)Nc2cc(OC)cc(OC)c2)cc1. The van der Waals surface area contributed by atoms with Gasteiger partial charge in [0.1, 0.15) is 29.6 Å². The number of aromatic nitrogens is 3. The second-order valence-electron chi connectivity index (χ2n) is 7.97. The molecule has 0 aliphatic heterocycles. The Kier molecular flexibility index (Phi) is 8.52. The predicted octanol–water partition coefficient (Wildman–Crippen LogP) is 4.91. The van der Waals surface area contributed by atoms with Crippen LogP contribution in [0.2, 0.25) is 0 Å². The number of benzene rings is 3. The highest BCUT2D eigenvalue weighted by molar-refractivity contribution is 7.99. The van der Waals surface area contributed by atoms with Crippen molar-refractivity contribution in [2.45, 2.75) is 18.7 Å². The van der Waals surface area contributed by atoms with Gasteiger partial charge in [0.2, 0.25) is 5.91 Å². The summed E-state index contributed by atoms with van der Waals surface area (Å²) in [5.74, 6) is 3.15. The van der Waals surface area contributed by atoms with Crippen molar-refractivity contribution in [3.8, 4) is 28.7 Å². The molecular weight excluding hydrogens is 492 g/mol. The average Bonchev–Trinajstić information content (AvgIpc) is 3.34. The predicted molar refractivity (Wildman–Crippen MR) is 142 cm³/mol. The molecule has 0 aliphatic carbocycles. The Labute approximate surface area is 219 Å². The van der Waals surface area contributed by atoms with E-state index in [2.05, 4.69) is 15.5 Å². The Morgan fingerprint density at radius 2 is 1.46 bits per heavy atom. The molecule has 10 heteroatoms. The van der Waals surface area contributed by atoms with Crippen molar-refractivity contribution in [3.05, 3.63) is 78.1 Å². The van der Waals surface area contributed by atoms with E-state index in [1.54, 1.807) is 39.5 Å². The molecule has 1 aromatic heterocycles. The maximum absolute atomic E-state index is 12.7. The number of carbonyl (C=O) groups is 1.